The van der Waals surface area contributed by atoms with E-state index in [0.29, 0.717) is 19.2 Å². The van der Waals surface area contributed by atoms with Crippen molar-refractivity contribution in [2.45, 2.75) is 75.9 Å². The second-order valence-electron chi connectivity index (χ2n) is 9.15. The first-order chi connectivity index (χ1) is 16.1. The van der Waals surface area contributed by atoms with Crippen molar-refractivity contribution in [1.82, 2.24) is 10.2 Å². The molecule has 184 valence electrons. The Kier molecular flexibility index (Phi) is 10.7. The fourth-order valence-electron chi connectivity index (χ4n) is 4.96. The highest BCUT2D eigenvalue weighted by Crippen LogP contribution is 2.30. The summed E-state index contributed by atoms with van der Waals surface area (Å²) in [6.45, 7) is 3.16. The molecule has 33 heavy (non-hydrogen) atoms. The minimum atomic E-state index is -0.274. The lowest BCUT2D eigenvalue weighted by molar-refractivity contribution is -0.0319. The molecule has 7 nitrogen and oxygen atoms in total. The van der Waals surface area contributed by atoms with E-state index in [1.54, 1.807) is 14.2 Å². The van der Waals surface area contributed by atoms with E-state index in [-0.39, 0.29) is 18.3 Å². The van der Waals surface area contributed by atoms with Gasteiger partial charge >= 0.3 is 6.09 Å². The van der Waals surface area contributed by atoms with Crippen LogP contribution in [0, 0.1) is 0 Å². The summed E-state index contributed by atoms with van der Waals surface area (Å²) in [4.78, 5) is 14.6. The second-order valence-corrected chi connectivity index (χ2v) is 9.15. The lowest BCUT2D eigenvalue weighted by Gasteiger charge is -2.37. The van der Waals surface area contributed by atoms with Crippen molar-refractivity contribution >= 4 is 13.9 Å². The van der Waals surface area contributed by atoms with E-state index in [2.05, 4.69) is 24.1 Å². The average Bonchev–Trinajstić information content (AvgIpc) is 3.30. The Morgan fingerprint density at radius 1 is 1.12 bits per heavy atom. The number of unbranched alkanes of at least 4 members (excludes halogenated alkanes) is 1. The lowest BCUT2D eigenvalue weighted by atomic mass is 9.91. The first-order valence-corrected chi connectivity index (χ1v) is 12.7. The minimum Gasteiger partial charge on any atom is -0.493 e. The Morgan fingerprint density at radius 3 is 2.73 bits per heavy atom. The number of likely N-dealkylation sites (tertiary alicyclic amines) is 1. The summed E-state index contributed by atoms with van der Waals surface area (Å²) in [6.07, 6.45) is 9.66. The molecule has 0 aromatic heterocycles. The van der Waals surface area contributed by atoms with Crippen LogP contribution >= 0.6 is 0 Å². The number of ether oxygens (including phenoxy) is 4. The zero-order valence-corrected chi connectivity index (χ0v) is 20.6. The van der Waals surface area contributed by atoms with Crippen LogP contribution in [0.4, 0.5) is 4.79 Å². The first-order valence-electron chi connectivity index (χ1n) is 12.7. The van der Waals surface area contributed by atoms with Crippen molar-refractivity contribution in [3.05, 3.63) is 23.8 Å². The van der Waals surface area contributed by atoms with Gasteiger partial charge in [0.2, 0.25) is 0 Å². The van der Waals surface area contributed by atoms with Crippen LogP contribution < -0.4 is 14.8 Å². The number of amides is 1. The van der Waals surface area contributed by atoms with Gasteiger partial charge in [-0.25, -0.2) is 4.79 Å². The molecule has 1 amide bonds. The van der Waals surface area contributed by atoms with Crippen molar-refractivity contribution in [2.75, 3.05) is 40.5 Å². The Hall–Kier alpha value is -1.93. The molecule has 0 unspecified atom stereocenters. The number of methoxy groups -OCH3 is 2. The predicted molar refractivity (Wildman–Crippen MR) is 132 cm³/mol. The first kappa shape index (κ1) is 25.7. The highest BCUT2D eigenvalue weighted by molar-refractivity contribution is 6.08. The molecule has 1 saturated carbocycles. The monoisotopic (exact) mass is 460 g/mol. The number of rotatable bonds is 12. The molecule has 1 aromatic rings. The summed E-state index contributed by atoms with van der Waals surface area (Å²) in [7, 11) is 5.47. The molecule has 1 aromatic carbocycles. The van der Waals surface area contributed by atoms with Crippen molar-refractivity contribution in [2.24, 2.45) is 0 Å². The summed E-state index contributed by atoms with van der Waals surface area (Å²) in [5, 5.41) is 2.89. The standard InChI is InChI=1S/C25H41BN2O5/c1-30-23-10-9-19(17-24(23)31-2)12-16-32-22-8-4-3-7-21(22)28-15-11-20(18-28)33-25(29)27-14-6-5-13-26/h9-10,17,20-22H,3-8,11-16,18,26H2,1-2H3,(H,27,29)/t20-,21-,22-/m1/s1. The van der Waals surface area contributed by atoms with Crippen LogP contribution in [0.1, 0.15) is 50.5 Å². The fraction of sp³-hybridized carbons (Fsp3) is 0.720. The molecule has 3 atom stereocenters. The van der Waals surface area contributed by atoms with E-state index in [0.717, 1.165) is 69.4 Å². The highest BCUT2D eigenvalue weighted by atomic mass is 16.6. The van der Waals surface area contributed by atoms with E-state index in [1.165, 1.54) is 18.4 Å². The zero-order chi connectivity index (χ0) is 23.5. The fourth-order valence-corrected chi connectivity index (χ4v) is 4.96. The van der Waals surface area contributed by atoms with E-state index in [9.17, 15) is 4.79 Å². The van der Waals surface area contributed by atoms with Gasteiger partial charge in [0, 0.05) is 25.7 Å². The van der Waals surface area contributed by atoms with Gasteiger partial charge in [0.15, 0.2) is 11.5 Å². The summed E-state index contributed by atoms with van der Waals surface area (Å²) in [5.74, 6) is 1.50. The van der Waals surface area contributed by atoms with Crippen LogP contribution in [0.25, 0.3) is 0 Å². The quantitative estimate of drug-likeness (QED) is 0.382. The van der Waals surface area contributed by atoms with Crippen LogP contribution in [0.15, 0.2) is 18.2 Å². The third-order valence-electron chi connectivity index (χ3n) is 6.81. The Morgan fingerprint density at radius 2 is 1.94 bits per heavy atom. The molecular formula is C25H41BN2O5. The van der Waals surface area contributed by atoms with Crippen molar-refractivity contribution in [3.8, 4) is 11.5 Å². The normalized spacial score (nSPS) is 23.3. The number of hydrogen-bond acceptors (Lipinski definition) is 6. The molecule has 2 aliphatic rings. The van der Waals surface area contributed by atoms with Crippen LogP contribution in [0.2, 0.25) is 6.32 Å². The molecule has 0 bridgehead atoms. The van der Waals surface area contributed by atoms with Crippen LogP contribution in [-0.2, 0) is 15.9 Å². The number of alkyl carbamates (subject to hydrolysis) is 1. The average molecular weight is 460 g/mol. The van der Waals surface area contributed by atoms with Gasteiger partial charge in [0.05, 0.1) is 26.9 Å². The van der Waals surface area contributed by atoms with E-state index < -0.39 is 0 Å². The summed E-state index contributed by atoms with van der Waals surface area (Å²) in [6, 6.07) is 6.45. The van der Waals surface area contributed by atoms with Crippen LogP contribution in [0.5, 0.6) is 11.5 Å². The number of hydrogen-bond donors (Lipinski definition) is 1. The molecule has 3 rings (SSSR count). The van der Waals surface area contributed by atoms with Gasteiger partial charge in [-0.2, -0.15) is 0 Å². The minimum absolute atomic E-state index is 0.0227. The van der Waals surface area contributed by atoms with Gasteiger partial charge in [-0.15, -0.1) is 0 Å². The highest BCUT2D eigenvalue weighted by Gasteiger charge is 2.36. The molecular weight excluding hydrogens is 419 g/mol. The summed E-state index contributed by atoms with van der Waals surface area (Å²) in [5.41, 5.74) is 1.18. The van der Waals surface area contributed by atoms with Gasteiger partial charge < -0.3 is 24.3 Å². The van der Waals surface area contributed by atoms with Gasteiger partial charge in [0.1, 0.15) is 14.0 Å². The maximum atomic E-state index is 12.1. The van der Waals surface area contributed by atoms with Gasteiger partial charge in [-0.05, 0) is 49.8 Å². The van der Waals surface area contributed by atoms with Crippen molar-refractivity contribution in [3.63, 3.8) is 0 Å². The third-order valence-corrected chi connectivity index (χ3v) is 6.81. The van der Waals surface area contributed by atoms with Crippen molar-refractivity contribution in [1.29, 1.82) is 0 Å². The smallest absolute Gasteiger partial charge is 0.407 e. The number of carbonyl (C=O) groups is 1. The number of benzene rings is 1. The van der Waals surface area contributed by atoms with E-state index in [4.69, 9.17) is 18.9 Å². The topological polar surface area (TPSA) is 69.3 Å². The van der Waals surface area contributed by atoms with Gasteiger partial charge in [0.25, 0.3) is 0 Å². The number of nitrogens with one attached hydrogen (secondary N) is 1. The Balaban J connectivity index is 1.44. The molecule has 1 aliphatic heterocycles. The third kappa shape index (κ3) is 7.82. The summed E-state index contributed by atoms with van der Waals surface area (Å²) < 4.78 is 22.8. The molecule has 8 heteroatoms. The van der Waals surface area contributed by atoms with Crippen LogP contribution in [0.3, 0.4) is 0 Å². The molecule has 0 radical (unpaired) electrons. The lowest BCUT2D eigenvalue weighted by Crippen LogP contribution is -2.46. The summed E-state index contributed by atoms with van der Waals surface area (Å²) >= 11 is 0. The number of carbonyl (C=O) groups excluding carboxylic acids is 1. The molecule has 1 saturated heterocycles. The molecule has 1 heterocycles. The molecule has 2 fully saturated rings. The Bertz CT molecular complexity index is 735. The zero-order valence-electron chi connectivity index (χ0n) is 20.6. The van der Waals surface area contributed by atoms with Gasteiger partial charge in [-0.1, -0.05) is 31.6 Å². The maximum Gasteiger partial charge on any atom is 0.407 e. The SMILES string of the molecule is BCCCCNC(=O)O[C@@H]1CCN([C@@H]2CCCC[C@H]2OCCc2ccc(OC)c(OC)c2)C1. The largest absolute Gasteiger partial charge is 0.493 e. The van der Waals surface area contributed by atoms with Gasteiger partial charge in [-0.3, -0.25) is 4.90 Å². The molecule has 0 spiro atoms. The Labute approximate surface area is 199 Å². The van der Waals surface area contributed by atoms with E-state index >= 15 is 0 Å². The maximum absolute atomic E-state index is 12.1. The molecule has 1 aliphatic carbocycles. The number of nitrogens with zero attached hydrogens (tertiary/aromatic N) is 1. The predicted octanol–water partition coefficient (Wildman–Crippen LogP) is 3.21. The van der Waals surface area contributed by atoms with Crippen molar-refractivity contribution < 1.29 is 23.7 Å². The second kappa shape index (κ2) is 13.7. The van der Waals surface area contributed by atoms with E-state index in [1.807, 2.05) is 12.1 Å². The molecule has 1 N–H and O–H groups in total. The van der Waals surface area contributed by atoms with Crippen LogP contribution in [-0.4, -0.2) is 77.5 Å².